The number of carbonyl (C=O) groups excluding carboxylic acids is 2. The van der Waals surface area contributed by atoms with Gasteiger partial charge in [-0.1, -0.05) is 55.9 Å². The maximum atomic E-state index is 12.9. The zero-order valence-corrected chi connectivity index (χ0v) is 24.5. The third-order valence-corrected chi connectivity index (χ3v) is 7.70. The van der Waals surface area contributed by atoms with E-state index in [1.807, 2.05) is 49.4 Å². The Morgan fingerprint density at radius 3 is 2.58 bits per heavy atom. The number of alkyl halides is 3. The quantitative estimate of drug-likeness (QED) is 0.237. The number of anilines is 1. The van der Waals surface area contributed by atoms with Crippen molar-refractivity contribution in [2.75, 3.05) is 17.2 Å². The number of amides is 3. The number of thioether (sulfide) groups is 1. The van der Waals surface area contributed by atoms with Crippen LogP contribution in [0.1, 0.15) is 42.0 Å². The summed E-state index contributed by atoms with van der Waals surface area (Å²) in [5.74, 6) is 1.31. The van der Waals surface area contributed by atoms with Crippen LogP contribution in [0.5, 0.6) is 0 Å². The number of benzene rings is 3. The molecule has 0 unspecified atom stereocenters. The Labute approximate surface area is 251 Å². The highest BCUT2D eigenvalue weighted by atomic mass is 32.2. The second-order valence-corrected chi connectivity index (χ2v) is 11.3. The molecule has 0 aliphatic carbocycles. The molecule has 2 heterocycles. The van der Waals surface area contributed by atoms with Gasteiger partial charge in [0.15, 0.2) is 5.82 Å². The molecule has 0 radical (unpaired) electrons. The molecular weight excluding hydrogens is 577 g/mol. The van der Waals surface area contributed by atoms with E-state index >= 15 is 0 Å². The molecule has 1 saturated heterocycles. The van der Waals surface area contributed by atoms with Crippen LogP contribution in [-0.2, 0) is 12.6 Å². The van der Waals surface area contributed by atoms with Gasteiger partial charge in [0.2, 0.25) is 0 Å². The van der Waals surface area contributed by atoms with Gasteiger partial charge in [0.25, 0.3) is 5.24 Å². The van der Waals surface area contributed by atoms with Crippen LogP contribution in [0.2, 0.25) is 0 Å². The van der Waals surface area contributed by atoms with Crippen molar-refractivity contribution in [3.05, 3.63) is 95.3 Å². The number of aromatic nitrogens is 3. The van der Waals surface area contributed by atoms with Crippen molar-refractivity contribution < 1.29 is 22.8 Å². The first-order valence-electron chi connectivity index (χ1n) is 13.6. The Bertz CT molecular complexity index is 1680. The highest BCUT2D eigenvalue weighted by molar-refractivity contribution is 8.15. The standard InChI is InChI=1S/C31H29F3N6O2S/c1-19(2)25-12-7-20(3)15-26(25)40-27(17-43-30(40)42)37-29(41)35-14-13-21-5-4-6-22(16-21)28-36-18-39(38-28)24-10-8-23(9-11-24)31(32,33)34/h4-12,15-16,18-19H,13-14,17H2,1-3H3,(H,35,41)/b37-27+. The minimum Gasteiger partial charge on any atom is -0.336 e. The van der Waals surface area contributed by atoms with Gasteiger partial charge in [-0.05, 0) is 72.4 Å². The topological polar surface area (TPSA) is 92.5 Å². The van der Waals surface area contributed by atoms with Crippen molar-refractivity contribution in [2.45, 2.75) is 39.3 Å². The SMILES string of the molecule is Cc1ccc(C(C)C)c(N2C(=O)SC/C2=N\C(=O)NCCc2cccc(-c3ncn(-c4ccc(C(F)(F)F)cc4)n3)c2)c1. The van der Waals surface area contributed by atoms with Crippen LogP contribution in [0.3, 0.4) is 0 Å². The van der Waals surface area contributed by atoms with E-state index in [0.717, 1.165) is 51.8 Å². The summed E-state index contributed by atoms with van der Waals surface area (Å²) in [7, 11) is 0. The van der Waals surface area contributed by atoms with Crippen molar-refractivity contribution in [1.29, 1.82) is 0 Å². The predicted molar refractivity (Wildman–Crippen MR) is 162 cm³/mol. The fraction of sp³-hybridized carbons (Fsp3) is 0.258. The number of rotatable bonds is 7. The van der Waals surface area contributed by atoms with Gasteiger partial charge < -0.3 is 5.32 Å². The molecule has 1 aliphatic heterocycles. The number of halogens is 3. The largest absolute Gasteiger partial charge is 0.416 e. The second kappa shape index (κ2) is 12.4. The number of hydrogen-bond donors (Lipinski definition) is 1. The van der Waals surface area contributed by atoms with Gasteiger partial charge in [-0.3, -0.25) is 9.69 Å². The van der Waals surface area contributed by atoms with Crippen molar-refractivity contribution >= 4 is 34.6 Å². The lowest BCUT2D eigenvalue weighted by atomic mass is 9.99. The van der Waals surface area contributed by atoms with E-state index in [1.165, 1.54) is 28.0 Å². The lowest BCUT2D eigenvalue weighted by Gasteiger charge is -2.22. The smallest absolute Gasteiger partial charge is 0.336 e. The molecule has 3 amide bonds. The van der Waals surface area contributed by atoms with Crippen molar-refractivity contribution in [3.63, 3.8) is 0 Å². The molecule has 43 heavy (non-hydrogen) atoms. The third kappa shape index (κ3) is 6.96. The second-order valence-electron chi connectivity index (χ2n) is 10.4. The van der Waals surface area contributed by atoms with E-state index in [-0.39, 0.29) is 11.2 Å². The predicted octanol–water partition coefficient (Wildman–Crippen LogP) is 7.41. The summed E-state index contributed by atoms with van der Waals surface area (Å²) in [6.45, 7) is 6.39. The van der Waals surface area contributed by atoms with Gasteiger partial charge in [0.1, 0.15) is 12.2 Å². The molecule has 0 spiro atoms. The van der Waals surface area contributed by atoms with Crippen LogP contribution < -0.4 is 10.2 Å². The number of nitrogens with one attached hydrogen (secondary N) is 1. The molecule has 0 saturated carbocycles. The van der Waals surface area contributed by atoms with Crippen LogP contribution >= 0.6 is 11.8 Å². The van der Waals surface area contributed by atoms with Gasteiger partial charge in [0.05, 0.1) is 22.7 Å². The summed E-state index contributed by atoms with van der Waals surface area (Å²) < 4.78 is 40.0. The number of nitrogens with zero attached hydrogens (tertiary/aromatic N) is 5. The normalized spacial score (nSPS) is 14.6. The lowest BCUT2D eigenvalue weighted by Crippen LogP contribution is -2.32. The van der Waals surface area contributed by atoms with Crippen molar-refractivity contribution in [3.8, 4) is 17.1 Å². The number of carbonyl (C=O) groups is 2. The Balaban J connectivity index is 1.22. The van der Waals surface area contributed by atoms with Gasteiger partial charge in [0, 0.05) is 12.1 Å². The molecule has 4 aromatic rings. The van der Waals surface area contributed by atoms with Gasteiger partial charge in [-0.2, -0.15) is 18.2 Å². The zero-order chi connectivity index (χ0) is 30.7. The lowest BCUT2D eigenvalue weighted by molar-refractivity contribution is -0.137. The number of aryl methyl sites for hydroxylation is 1. The average molecular weight is 607 g/mol. The molecule has 5 rings (SSSR count). The molecule has 3 aromatic carbocycles. The Morgan fingerprint density at radius 1 is 1.09 bits per heavy atom. The molecule has 0 bridgehead atoms. The Kier molecular flexibility index (Phi) is 8.67. The van der Waals surface area contributed by atoms with Crippen molar-refractivity contribution in [1.82, 2.24) is 20.1 Å². The monoisotopic (exact) mass is 606 g/mol. The first-order valence-corrected chi connectivity index (χ1v) is 14.6. The Morgan fingerprint density at radius 2 is 1.86 bits per heavy atom. The maximum absolute atomic E-state index is 12.9. The molecule has 1 aliphatic rings. The number of aliphatic imine (C=N–C) groups is 1. The summed E-state index contributed by atoms with van der Waals surface area (Å²) in [4.78, 5) is 35.6. The fourth-order valence-corrected chi connectivity index (χ4v) is 5.45. The number of amidine groups is 1. The molecule has 12 heteroatoms. The first kappa shape index (κ1) is 30.0. The minimum atomic E-state index is -4.41. The summed E-state index contributed by atoms with van der Waals surface area (Å²) in [6, 6.07) is 17.6. The summed E-state index contributed by atoms with van der Waals surface area (Å²) >= 11 is 1.12. The molecule has 1 N–H and O–H groups in total. The third-order valence-electron chi connectivity index (χ3n) is 6.87. The van der Waals surface area contributed by atoms with Crippen LogP contribution in [0.25, 0.3) is 17.1 Å². The van der Waals surface area contributed by atoms with Crippen LogP contribution in [-0.4, -0.2) is 44.2 Å². The van der Waals surface area contributed by atoms with E-state index in [4.69, 9.17) is 0 Å². The van der Waals surface area contributed by atoms with E-state index in [1.54, 1.807) is 0 Å². The van der Waals surface area contributed by atoms with Crippen molar-refractivity contribution in [2.24, 2.45) is 4.99 Å². The van der Waals surface area contributed by atoms with Crippen LogP contribution in [0.4, 0.5) is 28.4 Å². The fourth-order valence-electron chi connectivity index (χ4n) is 4.68. The minimum absolute atomic E-state index is 0.162. The highest BCUT2D eigenvalue weighted by Crippen LogP contribution is 2.34. The molecule has 1 aromatic heterocycles. The average Bonchev–Trinajstić information content (AvgIpc) is 3.60. The van der Waals surface area contributed by atoms with Crippen LogP contribution in [0, 0.1) is 6.92 Å². The molecule has 0 atom stereocenters. The molecule has 1 fully saturated rings. The van der Waals surface area contributed by atoms with Crippen LogP contribution in [0.15, 0.2) is 78.0 Å². The summed E-state index contributed by atoms with van der Waals surface area (Å²) in [5, 5.41) is 7.06. The number of urea groups is 1. The van der Waals surface area contributed by atoms with Gasteiger partial charge in [-0.25, -0.2) is 14.5 Å². The van der Waals surface area contributed by atoms with Gasteiger partial charge in [-0.15, -0.1) is 5.10 Å². The van der Waals surface area contributed by atoms with E-state index in [0.29, 0.717) is 36.1 Å². The molecular formula is C31H29F3N6O2S. The Hall–Kier alpha value is -4.45. The molecule has 222 valence electrons. The molecule has 8 nitrogen and oxygen atoms in total. The number of hydrogen-bond acceptors (Lipinski definition) is 5. The first-order chi connectivity index (χ1) is 20.5. The van der Waals surface area contributed by atoms with Gasteiger partial charge >= 0.3 is 12.2 Å². The summed E-state index contributed by atoms with van der Waals surface area (Å²) in [5.41, 5.74) is 4.14. The van der Waals surface area contributed by atoms with E-state index < -0.39 is 17.8 Å². The zero-order valence-electron chi connectivity index (χ0n) is 23.7. The van der Waals surface area contributed by atoms with E-state index in [2.05, 4.69) is 34.2 Å². The highest BCUT2D eigenvalue weighted by Gasteiger charge is 2.32. The van der Waals surface area contributed by atoms with E-state index in [9.17, 15) is 22.8 Å². The summed E-state index contributed by atoms with van der Waals surface area (Å²) in [6.07, 6.45) is -2.45. The maximum Gasteiger partial charge on any atom is 0.416 e.